The Balaban J connectivity index is 2.02. The highest BCUT2D eigenvalue weighted by atomic mass is 15.1. The van der Waals surface area contributed by atoms with E-state index in [9.17, 15) is 0 Å². The molecule has 2 rings (SSSR count). The van der Waals surface area contributed by atoms with Crippen molar-refractivity contribution >= 4 is 11.6 Å². The monoisotopic (exact) mass is 270 g/mol. The summed E-state index contributed by atoms with van der Waals surface area (Å²) in [6.07, 6.45) is 1.75. The Morgan fingerprint density at radius 1 is 1.20 bits per heavy atom. The topological polar surface area (TPSA) is 63.8 Å². The van der Waals surface area contributed by atoms with E-state index >= 15 is 0 Å². The lowest BCUT2D eigenvalue weighted by Gasteiger charge is -2.11. The fourth-order valence-electron chi connectivity index (χ4n) is 2.11. The molecule has 0 saturated heterocycles. The minimum Gasteiger partial charge on any atom is -0.383 e. The van der Waals surface area contributed by atoms with Gasteiger partial charge in [-0.1, -0.05) is 36.8 Å². The van der Waals surface area contributed by atoms with Crippen LogP contribution >= 0.6 is 0 Å². The quantitative estimate of drug-likeness (QED) is 0.877. The maximum Gasteiger partial charge on any atom is 0.134 e. The van der Waals surface area contributed by atoms with Crippen LogP contribution in [0, 0.1) is 13.8 Å². The fourth-order valence-corrected chi connectivity index (χ4v) is 2.11. The summed E-state index contributed by atoms with van der Waals surface area (Å²) in [6, 6.07) is 8.56. The summed E-state index contributed by atoms with van der Waals surface area (Å²) in [6.45, 7) is 6.92. The summed E-state index contributed by atoms with van der Waals surface area (Å²) in [4.78, 5) is 8.75. The smallest absolute Gasteiger partial charge is 0.134 e. The molecule has 0 aliphatic rings. The first kappa shape index (κ1) is 14.3. The number of nitrogens with zero attached hydrogens (tertiary/aromatic N) is 2. The lowest BCUT2D eigenvalue weighted by Crippen LogP contribution is -2.11. The number of hydrogen-bond acceptors (Lipinski definition) is 4. The molecule has 0 aliphatic heterocycles. The van der Waals surface area contributed by atoms with Gasteiger partial charge in [-0.25, -0.2) is 9.97 Å². The lowest BCUT2D eigenvalue weighted by atomic mass is 10.1. The average Bonchev–Trinajstić information content (AvgIpc) is 2.43. The maximum absolute atomic E-state index is 5.91. The van der Waals surface area contributed by atoms with E-state index in [0.29, 0.717) is 5.82 Å². The molecule has 0 amide bonds. The molecule has 2 aromatic rings. The highest BCUT2D eigenvalue weighted by Crippen LogP contribution is 2.17. The van der Waals surface area contributed by atoms with Crippen LogP contribution in [0.3, 0.4) is 0 Å². The predicted molar refractivity (Wildman–Crippen MR) is 83.9 cm³/mol. The molecule has 0 aliphatic carbocycles. The standard InChI is InChI=1S/C16H22N4/c1-4-14-19-15(17)12(3)16(20-14)18-9-8-13-7-5-6-11(2)10-13/h5-7,10H,4,8-9H2,1-3H3,(H3,17,18,19,20). The van der Waals surface area contributed by atoms with Crippen LogP contribution in [0.25, 0.3) is 0 Å². The molecule has 0 unspecified atom stereocenters. The number of anilines is 2. The van der Waals surface area contributed by atoms with Crippen molar-refractivity contribution < 1.29 is 0 Å². The number of aromatic nitrogens is 2. The van der Waals surface area contributed by atoms with Gasteiger partial charge < -0.3 is 11.1 Å². The molecule has 4 heteroatoms. The third-order valence-electron chi connectivity index (χ3n) is 3.33. The van der Waals surface area contributed by atoms with Gasteiger partial charge in [0.25, 0.3) is 0 Å². The van der Waals surface area contributed by atoms with Gasteiger partial charge in [0.2, 0.25) is 0 Å². The van der Waals surface area contributed by atoms with Crippen LogP contribution in [0.15, 0.2) is 24.3 Å². The van der Waals surface area contributed by atoms with Crippen LogP contribution < -0.4 is 11.1 Å². The van der Waals surface area contributed by atoms with Gasteiger partial charge in [-0.3, -0.25) is 0 Å². The van der Waals surface area contributed by atoms with Crippen LogP contribution in [0.5, 0.6) is 0 Å². The van der Waals surface area contributed by atoms with E-state index < -0.39 is 0 Å². The molecule has 4 nitrogen and oxygen atoms in total. The largest absolute Gasteiger partial charge is 0.383 e. The first-order valence-corrected chi connectivity index (χ1v) is 7.02. The SMILES string of the molecule is CCc1nc(N)c(C)c(NCCc2cccc(C)c2)n1. The summed E-state index contributed by atoms with van der Waals surface area (Å²) in [5, 5.41) is 3.37. The third kappa shape index (κ3) is 3.47. The number of nitrogen functional groups attached to an aromatic ring is 1. The molecule has 0 saturated carbocycles. The summed E-state index contributed by atoms with van der Waals surface area (Å²) in [5.41, 5.74) is 9.45. The number of rotatable bonds is 5. The van der Waals surface area contributed by atoms with Crippen molar-refractivity contribution in [1.82, 2.24) is 9.97 Å². The van der Waals surface area contributed by atoms with Crippen molar-refractivity contribution in [1.29, 1.82) is 0 Å². The normalized spacial score (nSPS) is 10.6. The molecule has 0 atom stereocenters. The summed E-state index contributed by atoms with van der Waals surface area (Å²) in [5.74, 6) is 2.20. The van der Waals surface area contributed by atoms with Crippen molar-refractivity contribution in [2.24, 2.45) is 0 Å². The minimum atomic E-state index is 0.565. The number of nitrogens with one attached hydrogen (secondary N) is 1. The Bertz CT molecular complexity index is 593. The molecule has 1 heterocycles. The number of benzene rings is 1. The average molecular weight is 270 g/mol. The molecular weight excluding hydrogens is 248 g/mol. The van der Waals surface area contributed by atoms with E-state index in [2.05, 4.69) is 46.5 Å². The zero-order valence-electron chi connectivity index (χ0n) is 12.4. The summed E-state index contributed by atoms with van der Waals surface area (Å²) in [7, 11) is 0. The zero-order chi connectivity index (χ0) is 14.5. The van der Waals surface area contributed by atoms with Crippen molar-refractivity contribution in [3.8, 4) is 0 Å². The molecule has 0 bridgehead atoms. The Kier molecular flexibility index (Phi) is 4.56. The van der Waals surface area contributed by atoms with Gasteiger partial charge in [-0.05, 0) is 25.8 Å². The first-order chi connectivity index (χ1) is 9.60. The van der Waals surface area contributed by atoms with Gasteiger partial charge in [0.15, 0.2) is 0 Å². The molecular formula is C16H22N4. The van der Waals surface area contributed by atoms with E-state index in [1.807, 2.05) is 13.8 Å². The zero-order valence-corrected chi connectivity index (χ0v) is 12.4. The molecule has 3 N–H and O–H groups in total. The van der Waals surface area contributed by atoms with Crippen LogP contribution in [-0.4, -0.2) is 16.5 Å². The minimum absolute atomic E-state index is 0.565. The molecule has 20 heavy (non-hydrogen) atoms. The second-order valence-corrected chi connectivity index (χ2v) is 5.02. The molecule has 0 radical (unpaired) electrons. The van der Waals surface area contributed by atoms with Gasteiger partial charge in [0.1, 0.15) is 17.5 Å². The Labute approximate surface area is 120 Å². The van der Waals surface area contributed by atoms with Gasteiger partial charge >= 0.3 is 0 Å². The van der Waals surface area contributed by atoms with E-state index in [-0.39, 0.29) is 0 Å². The van der Waals surface area contributed by atoms with Crippen LogP contribution in [0.1, 0.15) is 29.4 Å². The Hall–Kier alpha value is -2.10. The highest BCUT2D eigenvalue weighted by molar-refractivity contribution is 5.54. The van der Waals surface area contributed by atoms with E-state index in [4.69, 9.17) is 5.73 Å². The van der Waals surface area contributed by atoms with Crippen molar-refractivity contribution in [2.45, 2.75) is 33.6 Å². The van der Waals surface area contributed by atoms with Crippen LogP contribution in [0.2, 0.25) is 0 Å². The summed E-state index contributed by atoms with van der Waals surface area (Å²) >= 11 is 0. The highest BCUT2D eigenvalue weighted by Gasteiger charge is 2.07. The number of aryl methyl sites for hydroxylation is 2. The van der Waals surface area contributed by atoms with Gasteiger partial charge in [0.05, 0.1) is 0 Å². The third-order valence-corrected chi connectivity index (χ3v) is 3.33. The molecule has 1 aromatic heterocycles. The predicted octanol–water partition coefficient (Wildman–Crippen LogP) is 2.89. The van der Waals surface area contributed by atoms with E-state index in [0.717, 1.165) is 36.6 Å². The van der Waals surface area contributed by atoms with Crippen molar-refractivity contribution in [3.05, 3.63) is 46.8 Å². The Morgan fingerprint density at radius 2 is 2.00 bits per heavy atom. The maximum atomic E-state index is 5.91. The van der Waals surface area contributed by atoms with Crippen LogP contribution in [0.4, 0.5) is 11.6 Å². The second kappa shape index (κ2) is 6.37. The molecule has 106 valence electrons. The van der Waals surface area contributed by atoms with Crippen molar-refractivity contribution in [2.75, 3.05) is 17.6 Å². The number of nitrogens with two attached hydrogens (primary N) is 1. The van der Waals surface area contributed by atoms with Crippen molar-refractivity contribution in [3.63, 3.8) is 0 Å². The first-order valence-electron chi connectivity index (χ1n) is 7.02. The van der Waals surface area contributed by atoms with E-state index in [1.54, 1.807) is 0 Å². The van der Waals surface area contributed by atoms with Gasteiger partial charge in [0, 0.05) is 18.5 Å². The lowest BCUT2D eigenvalue weighted by molar-refractivity contribution is 0.920. The number of hydrogen-bond donors (Lipinski definition) is 2. The van der Waals surface area contributed by atoms with Gasteiger partial charge in [-0.2, -0.15) is 0 Å². The molecule has 1 aromatic carbocycles. The summed E-state index contributed by atoms with van der Waals surface area (Å²) < 4.78 is 0. The Morgan fingerprint density at radius 3 is 2.70 bits per heavy atom. The molecule has 0 fully saturated rings. The van der Waals surface area contributed by atoms with Gasteiger partial charge in [-0.15, -0.1) is 0 Å². The molecule has 0 spiro atoms. The van der Waals surface area contributed by atoms with Crippen LogP contribution in [-0.2, 0) is 12.8 Å². The fraction of sp³-hybridized carbons (Fsp3) is 0.375. The second-order valence-electron chi connectivity index (χ2n) is 5.02. The van der Waals surface area contributed by atoms with E-state index in [1.165, 1.54) is 11.1 Å².